The zero-order valence-corrected chi connectivity index (χ0v) is 9.73. The Balaban J connectivity index is 2.61. The first-order valence-corrected chi connectivity index (χ1v) is 5.43. The van der Waals surface area contributed by atoms with Gasteiger partial charge in [0, 0.05) is 26.1 Å². The fraction of sp³-hybridized carbons (Fsp3) is 0.800. The lowest BCUT2D eigenvalue weighted by atomic mass is 9.95. The quantitative estimate of drug-likeness (QED) is 0.266. The van der Waals surface area contributed by atoms with E-state index in [1.165, 1.54) is 6.21 Å². The summed E-state index contributed by atoms with van der Waals surface area (Å²) in [7, 11) is 1.60. The van der Waals surface area contributed by atoms with Crippen molar-refractivity contribution in [2.75, 3.05) is 13.7 Å². The van der Waals surface area contributed by atoms with Gasteiger partial charge in [-0.2, -0.15) is 5.10 Å². The average Bonchev–Trinajstić information content (AvgIpc) is 2.32. The second-order valence-electron chi connectivity index (χ2n) is 3.98. The molecule has 0 bridgehead atoms. The second-order valence-corrected chi connectivity index (χ2v) is 3.98. The number of aliphatic hydroxyl groups excluding tert-OH is 3. The summed E-state index contributed by atoms with van der Waals surface area (Å²) in [6.45, 7) is -0.342. The molecule has 0 spiro atoms. The Morgan fingerprint density at radius 2 is 2.24 bits per heavy atom. The van der Waals surface area contributed by atoms with E-state index < -0.39 is 18.3 Å². The molecule has 0 unspecified atom stereocenters. The lowest BCUT2D eigenvalue weighted by Crippen LogP contribution is -2.50. The largest absolute Gasteiger partial charge is 0.394 e. The number of rotatable bonds is 4. The van der Waals surface area contributed by atoms with Gasteiger partial charge < -0.3 is 25.9 Å². The normalized spacial score (nSPS) is 35.4. The Kier molecular flexibility index (Phi) is 5.49. The molecule has 17 heavy (non-hydrogen) atoms. The van der Waals surface area contributed by atoms with Gasteiger partial charge in [-0.15, -0.1) is 0 Å². The molecule has 1 aliphatic rings. The molecule has 0 aromatic rings. The minimum Gasteiger partial charge on any atom is -0.394 e. The summed E-state index contributed by atoms with van der Waals surface area (Å²) >= 11 is 0. The number of aliphatic imine (C=N–C) groups is 1. The SMILES string of the molecule is CN=C/C(C[C@@H]1C[C@@H](O)[C@@H](O)[C@@H](CO)O1)=N\N. The molecule has 1 heterocycles. The number of ether oxygens (including phenoxy) is 1. The molecule has 1 saturated heterocycles. The number of nitrogens with two attached hydrogens (primary N) is 1. The third kappa shape index (κ3) is 3.74. The van der Waals surface area contributed by atoms with E-state index in [2.05, 4.69) is 10.1 Å². The highest BCUT2D eigenvalue weighted by atomic mass is 16.5. The molecule has 0 amide bonds. The van der Waals surface area contributed by atoms with Crippen molar-refractivity contribution in [2.24, 2.45) is 15.9 Å². The molecule has 1 rings (SSSR count). The van der Waals surface area contributed by atoms with E-state index in [0.29, 0.717) is 12.1 Å². The molecule has 0 radical (unpaired) electrons. The maximum Gasteiger partial charge on any atom is 0.109 e. The van der Waals surface area contributed by atoms with E-state index in [1.54, 1.807) is 7.05 Å². The fourth-order valence-electron chi connectivity index (χ4n) is 1.84. The van der Waals surface area contributed by atoms with Gasteiger partial charge >= 0.3 is 0 Å². The molecule has 5 N–H and O–H groups in total. The van der Waals surface area contributed by atoms with Crippen LogP contribution in [0.5, 0.6) is 0 Å². The molecular weight excluding hydrogens is 226 g/mol. The van der Waals surface area contributed by atoms with Crippen molar-refractivity contribution < 1.29 is 20.1 Å². The van der Waals surface area contributed by atoms with E-state index in [1.807, 2.05) is 0 Å². The van der Waals surface area contributed by atoms with Gasteiger partial charge in [0.1, 0.15) is 12.2 Å². The van der Waals surface area contributed by atoms with Crippen molar-refractivity contribution in [3.05, 3.63) is 0 Å². The Hall–Kier alpha value is -1.02. The van der Waals surface area contributed by atoms with Crippen LogP contribution in [0, 0.1) is 0 Å². The minimum absolute atomic E-state index is 0.272. The molecule has 7 nitrogen and oxygen atoms in total. The van der Waals surface area contributed by atoms with Crippen LogP contribution in [0.15, 0.2) is 10.1 Å². The molecule has 0 aromatic heterocycles. The topological polar surface area (TPSA) is 121 Å². The van der Waals surface area contributed by atoms with Crippen molar-refractivity contribution in [1.82, 2.24) is 0 Å². The van der Waals surface area contributed by atoms with Crippen LogP contribution in [0.1, 0.15) is 12.8 Å². The Morgan fingerprint density at radius 1 is 1.53 bits per heavy atom. The average molecular weight is 245 g/mol. The molecule has 1 fully saturated rings. The van der Waals surface area contributed by atoms with Gasteiger partial charge in [0.25, 0.3) is 0 Å². The summed E-state index contributed by atoms with van der Waals surface area (Å²) in [5.41, 5.74) is 0.540. The molecule has 4 atom stereocenters. The highest BCUT2D eigenvalue weighted by Crippen LogP contribution is 2.22. The van der Waals surface area contributed by atoms with Gasteiger partial charge in [-0.3, -0.25) is 4.99 Å². The van der Waals surface area contributed by atoms with Crippen molar-refractivity contribution >= 4 is 11.9 Å². The molecule has 7 heteroatoms. The Morgan fingerprint density at radius 3 is 2.76 bits per heavy atom. The summed E-state index contributed by atoms with van der Waals surface area (Å²) in [6, 6.07) is 0. The maximum absolute atomic E-state index is 9.62. The predicted octanol–water partition coefficient (Wildman–Crippen LogP) is -1.74. The summed E-state index contributed by atoms with van der Waals surface area (Å²) in [5.74, 6) is 5.19. The van der Waals surface area contributed by atoms with Crippen LogP contribution in [-0.4, -0.2) is 65.3 Å². The number of hydrazone groups is 1. The second kappa shape index (κ2) is 6.65. The minimum atomic E-state index is -1.06. The van der Waals surface area contributed by atoms with E-state index >= 15 is 0 Å². The first kappa shape index (κ1) is 14.0. The zero-order chi connectivity index (χ0) is 12.8. The number of hydrogen-bond donors (Lipinski definition) is 4. The molecule has 0 aromatic carbocycles. The number of nitrogens with zero attached hydrogens (tertiary/aromatic N) is 2. The lowest BCUT2D eigenvalue weighted by molar-refractivity contribution is -0.177. The number of aliphatic hydroxyl groups is 3. The van der Waals surface area contributed by atoms with Crippen LogP contribution in [0.2, 0.25) is 0 Å². The standard InChI is InChI=1S/C10H19N3O4/c1-12-4-6(13-11)2-7-3-8(15)10(16)9(5-14)17-7/h4,7-10,14-16H,2-3,5,11H2,1H3/b12-4?,13-6-/t7-,8-,9-,10-/m1/s1. The maximum atomic E-state index is 9.62. The molecule has 0 saturated carbocycles. The van der Waals surface area contributed by atoms with Crippen LogP contribution in [0.25, 0.3) is 0 Å². The van der Waals surface area contributed by atoms with Crippen LogP contribution in [0.4, 0.5) is 0 Å². The van der Waals surface area contributed by atoms with Crippen LogP contribution in [-0.2, 0) is 4.74 Å². The molecular formula is C10H19N3O4. The van der Waals surface area contributed by atoms with Crippen molar-refractivity contribution in [3.8, 4) is 0 Å². The van der Waals surface area contributed by atoms with E-state index in [4.69, 9.17) is 15.7 Å². The van der Waals surface area contributed by atoms with Crippen molar-refractivity contribution in [2.45, 2.75) is 37.3 Å². The van der Waals surface area contributed by atoms with E-state index in [-0.39, 0.29) is 19.1 Å². The van der Waals surface area contributed by atoms with Gasteiger partial charge in [0.05, 0.1) is 24.5 Å². The van der Waals surface area contributed by atoms with Gasteiger partial charge in [-0.25, -0.2) is 0 Å². The summed E-state index contributed by atoms with van der Waals surface area (Å²) in [5, 5.41) is 31.7. The van der Waals surface area contributed by atoms with E-state index in [0.717, 1.165) is 0 Å². The van der Waals surface area contributed by atoms with Gasteiger partial charge in [0.15, 0.2) is 0 Å². The summed E-state index contributed by atoms with van der Waals surface area (Å²) < 4.78 is 5.44. The summed E-state index contributed by atoms with van der Waals surface area (Å²) in [4.78, 5) is 3.79. The lowest BCUT2D eigenvalue weighted by Gasteiger charge is -2.36. The van der Waals surface area contributed by atoms with E-state index in [9.17, 15) is 10.2 Å². The molecule has 0 aliphatic carbocycles. The Bertz CT molecular complexity index is 295. The van der Waals surface area contributed by atoms with Crippen LogP contribution < -0.4 is 5.84 Å². The van der Waals surface area contributed by atoms with Gasteiger partial charge in [0.2, 0.25) is 0 Å². The predicted molar refractivity (Wildman–Crippen MR) is 63.0 cm³/mol. The highest BCUT2D eigenvalue weighted by molar-refractivity contribution is 6.30. The van der Waals surface area contributed by atoms with Gasteiger partial charge in [-0.05, 0) is 0 Å². The molecule has 98 valence electrons. The Labute approximate surface area is 99.6 Å². The van der Waals surface area contributed by atoms with Gasteiger partial charge in [-0.1, -0.05) is 0 Å². The van der Waals surface area contributed by atoms with Crippen LogP contribution in [0.3, 0.4) is 0 Å². The monoisotopic (exact) mass is 245 g/mol. The third-order valence-corrected chi connectivity index (χ3v) is 2.71. The highest BCUT2D eigenvalue weighted by Gasteiger charge is 2.36. The fourth-order valence-corrected chi connectivity index (χ4v) is 1.84. The third-order valence-electron chi connectivity index (χ3n) is 2.71. The first-order valence-electron chi connectivity index (χ1n) is 5.43. The number of hydrogen-bond acceptors (Lipinski definition) is 7. The molecule has 1 aliphatic heterocycles. The first-order chi connectivity index (χ1) is 8.12. The van der Waals surface area contributed by atoms with Crippen LogP contribution >= 0.6 is 0 Å². The summed E-state index contributed by atoms with van der Waals surface area (Å²) in [6.07, 6.45) is -0.929. The zero-order valence-electron chi connectivity index (χ0n) is 9.73. The smallest absolute Gasteiger partial charge is 0.109 e. The van der Waals surface area contributed by atoms with Crippen molar-refractivity contribution in [3.63, 3.8) is 0 Å². The van der Waals surface area contributed by atoms with Crippen molar-refractivity contribution in [1.29, 1.82) is 0 Å².